The summed E-state index contributed by atoms with van der Waals surface area (Å²) >= 11 is 1.70. The van der Waals surface area contributed by atoms with Crippen LogP contribution < -0.4 is 15.5 Å². The van der Waals surface area contributed by atoms with Gasteiger partial charge in [-0.15, -0.1) is 0 Å². The summed E-state index contributed by atoms with van der Waals surface area (Å²) in [5.74, 6) is 1.64. The van der Waals surface area contributed by atoms with Crippen molar-refractivity contribution in [3.8, 4) is 5.75 Å². The number of fused-ring (bicyclic) bond motifs is 3. The maximum absolute atomic E-state index is 5.41. The van der Waals surface area contributed by atoms with Gasteiger partial charge in [-0.25, -0.2) is 4.99 Å². The smallest absolute Gasteiger partial charge is 0.167 e. The molecule has 64 valence electrons. The molecule has 1 aromatic rings. The van der Waals surface area contributed by atoms with Crippen molar-refractivity contribution in [2.75, 3.05) is 5.88 Å². The number of hydrogen-bond donors (Lipinski definition) is 0. The number of benzene rings is 1. The SMILES string of the molecule is C1=COc2c3c(ccc2=N1)=NCS3. The zero-order valence-electron chi connectivity index (χ0n) is 6.73. The van der Waals surface area contributed by atoms with Gasteiger partial charge in [0.15, 0.2) is 5.75 Å². The van der Waals surface area contributed by atoms with Crippen molar-refractivity contribution in [2.24, 2.45) is 9.98 Å². The van der Waals surface area contributed by atoms with Gasteiger partial charge < -0.3 is 4.74 Å². The molecule has 0 aromatic heterocycles. The van der Waals surface area contributed by atoms with Crippen LogP contribution >= 0.6 is 11.8 Å². The number of ether oxygens (including phenoxy) is 1. The molecule has 3 nitrogen and oxygen atoms in total. The highest BCUT2D eigenvalue weighted by molar-refractivity contribution is 7.99. The predicted molar refractivity (Wildman–Crippen MR) is 49.2 cm³/mol. The lowest BCUT2D eigenvalue weighted by atomic mass is 10.3. The lowest BCUT2D eigenvalue weighted by molar-refractivity contribution is 0.453. The van der Waals surface area contributed by atoms with E-state index >= 15 is 0 Å². The summed E-state index contributed by atoms with van der Waals surface area (Å²) in [5, 5.41) is 1.92. The molecule has 0 fully saturated rings. The molecule has 0 saturated heterocycles. The zero-order valence-corrected chi connectivity index (χ0v) is 7.54. The summed E-state index contributed by atoms with van der Waals surface area (Å²) in [7, 11) is 0. The lowest BCUT2D eigenvalue weighted by Gasteiger charge is -2.06. The van der Waals surface area contributed by atoms with Crippen LogP contribution in [0.25, 0.3) is 0 Å². The molecule has 13 heavy (non-hydrogen) atoms. The molecule has 2 heterocycles. The monoisotopic (exact) mass is 190 g/mol. The van der Waals surface area contributed by atoms with E-state index in [2.05, 4.69) is 9.98 Å². The molecule has 4 heteroatoms. The lowest BCUT2D eigenvalue weighted by Crippen LogP contribution is -2.15. The topological polar surface area (TPSA) is 34.0 Å². The van der Waals surface area contributed by atoms with E-state index in [0.717, 1.165) is 27.2 Å². The highest BCUT2D eigenvalue weighted by Crippen LogP contribution is 2.26. The Morgan fingerprint density at radius 2 is 2.23 bits per heavy atom. The Morgan fingerprint density at radius 1 is 1.31 bits per heavy atom. The molecule has 0 bridgehead atoms. The molecule has 0 N–H and O–H groups in total. The van der Waals surface area contributed by atoms with Crippen LogP contribution in [0.5, 0.6) is 5.75 Å². The average molecular weight is 190 g/mol. The number of rotatable bonds is 0. The van der Waals surface area contributed by atoms with E-state index in [1.165, 1.54) is 0 Å². The third kappa shape index (κ3) is 0.986. The van der Waals surface area contributed by atoms with E-state index in [-0.39, 0.29) is 0 Å². The number of nitrogens with zero attached hydrogens (tertiary/aromatic N) is 2. The van der Waals surface area contributed by atoms with Crippen LogP contribution in [-0.4, -0.2) is 5.88 Å². The molecule has 0 radical (unpaired) electrons. The van der Waals surface area contributed by atoms with Gasteiger partial charge in [0.05, 0.1) is 22.3 Å². The first-order valence-electron chi connectivity index (χ1n) is 3.95. The fourth-order valence-corrected chi connectivity index (χ4v) is 2.29. The van der Waals surface area contributed by atoms with Gasteiger partial charge in [0, 0.05) is 0 Å². The summed E-state index contributed by atoms with van der Waals surface area (Å²) in [6, 6.07) is 3.92. The molecule has 0 aliphatic carbocycles. The van der Waals surface area contributed by atoms with E-state index in [0.29, 0.717) is 0 Å². The van der Waals surface area contributed by atoms with E-state index in [1.54, 1.807) is 24.2 Å². The highest BCUT2D eigenvalue weighted by atomic mass is 32.2. The number of thioether (sulfide) groups is 1. The molecule has 2 aliphatic rings. The summed E-state index contributed by atoms with van der Waals surface area (Å²) in [6.07, 6.45) is 3.26. The second-order valence-electron chi connectivity index (χ2n) is 2.73. The van der Waals surface area contributed by atoms with Crippen molar-refractivity contribution in [3.05, 3.63) is 35.3 Å². The van der Waals surface area contributed by atoms with Gasteiger partial charge in [-0.05, 0) is 12.1 Å². The summed E-state index contributed by atoms with van der Waals surface area (Å²) < 4.78 is 5.41. The largest absolute Gasteiger partial charge is 0.460 e. The van der Waals surface area contributed by atoms with Crippen LogP contribution in [0.15, 0.2) is 39.5 Å². The van der Waals surface area contributed by atoms with Crippen molar-refractivity contribution in [3.63, 3.8) is 0 Å². The predicted octanol–water partition coefficient (Wildman–Crippen LogP) is 0.853. The Kier molecular flexibility index (Phi) is 1.43. The van der Waals surface area contributed by atoms with E-state index in [1.807, 2.05) is 12.1 Å². The maximum Gasteiger partial charge on any atom is 0.167 e. The first-order valence-corrected chi connectivity index (χ1v) is 4.93. The minimum Gasteiger partial charge on any atom is -0.460 e. The Morgan fingerprint density at radius 3 is 3.23 bits per heavy atom. The standard InChI is InChI=1S/C9H6N2OS/c1-2-7-9(13-5-11-7)8-6(1)10-3-4-12-8/h1-4H,5H2. The van der Waals surface area contributed by atoms with Crippen molar-refractivity contribution in [1.82, 2.24) is 0 Å². The average Bonchev–Trinajstić information content (AvgIpc) is 2.65. The fraction of sp³-hybridized carbons (Fsp3) is 0.111. The van der Waals surface area contributed by atoms with Crippen LogP contribution in [0.3, 0.4) is 0 Å². The van der Waals surface area contributed by atoms with Crippen molar-refractivity contribution < 1.29 is 4.74 Å². The molecular formula is C9H6N2OS. The van der Waals surface area contributed by atoms with Gasteiger partial charge >= 0.3 is 0 Å². The fourth-order valence-electron chi connectivity index (χ4n) is 1.40. The van der Waals surface area contributed by atoms with Gasteiger partial charge in [0.2, 0.25) is 0 Å². The van der Waals surface area contributed by atoms with Gasteiger partial charge in [-0.1, -0.05) is 11.8 Å². The maximum atomic E-state index is 5.41. The third-order valence-electron chi connectivity index (χ3n) is 1.97. The number of hydrogen-bond acceptors (Lipinski definition) is 4. The Hall–Kier alpha value is -1.29. The Balaban J connectivity index is 2.41. The van der Waals surface area contributed by atoms with Gasteiger partial charge in [0.1, 0.15) is 11.6 Å². The Bertz CT molecular complexity index is 507. The quantitative estimate of drug-likeness (QED) is 0.608. The Labute approximate surface area is 78.9 Å². The molecular weight excluding hydrogens is 184 g/mol. The first kappa shape index (κ1) is 7.15. The first-order chi connectivity index (χ1) is 6.45. The molecule has 0 unspecified atom stereocenters. The van der Waals surface area contributed by atoms with Crippen LogP contribution in [0.4, 0.5) is 0 Å². The highest BCUT2D eigenvalue weighted by Gasteiger charge is 2.14. The van der Waals surface area contributed by atoms with Crippen LogP contribution in [-0.2, 0) is 0 Å². The molecule has 0 saturated carbocycles. The van der Waals surface area contributed by atoms with Crippen molar-refractivity contribution in [1.29, 1.82) is 0 Å². The van der Waals surface area contributed by atoms with Gasteiger partial charge in [-0.2, -0.15) is 0 Å². The van der Waals surface area contributed by atoms with E-state index in [4.69, 9.17) is 4.74 Å². The molecule has 0 spiro atoms. The van der Waals surface area contributed by atoms with E-state index in [9.17, 15) is 0 Å². The van der Waals surface area contributed by atoms with Crippen LogP contribution in [0.2, 0.25) is 0 Å². The van der Waals surface area contributed by atoms with Crippen LogP contribution in [0, 0.1) is 0 Å². The second-order valence-corrected chi connectivity index (χ2v) is 3.68. The summed E-state index contributed by atoms with van der Waals surface area (Å²) in [5.41, 5.74) is 0. The minimum absolute atomic E-state index is 0.791. The van der Waals surface area contributed by atoms with E-state index < -0.39 is 0 Å². The molecule has 1 aromatic carbocycles. The van der Waals surface area contributed by atoms with Crippen LogP contribution in [0.1, 0.15) is 0 Å². The molecule has 2 aliphatic heterocycles. The van der Waals surface area contributed by atoms with Gasteiger partial charge in [-0.3, -0.25) is 4.99 Å². The third-order valence-corrected chi connectivity index (χ3v) is 2.92. The zero-order chi connectivity index (χ0) is 8.67. The normalized spacial score (nSPS) is 16.6. The molecule has 0 amide bonds. The van der Waals surface area contributed by atoms with Crippen molar-refractivity contribution in [2.45, 2.75) is 4.90 Å². The molecule has 0 atom stereocenters. The summed E-state index contributed by atoms with van der Waals surface area (Å²) in [4.78, 5) is 9.65. The van der Waals surface area contributed by atoms with Crippen molar-refractivity contribution >= 4 is 11.8 Å². The second kappa shape index (κ2) is 2.60. The minimum atomic E-state index is 0.791. The summed E-state index contributed by atoms with van der Waals surface area (Å²) in [6.45, 7) is 0. The van der Waals surface area contributed by atoms with Gasteiger partial charge in [0.25, 0.3) is 0 Å². The molecule has 3 rings (SSSR count).